The van der Waals surface area contributed by atoms with Crippen molar-refractivity contribution >= 4 is 17.5 Å². The summed E-state index contributed by atoms with van der Waals surface area (Å²) >= 11 is 0. The second-order valence-electron chi connectivity index (χ2n) is 8.70. The van der Waals surface area contributed by atoms with Crippen LogP contribution in [0.3, 0.4) is 0 Å². The van der Waals surface area contributed by atoms with E-state index in [2.05, 4.69) is 0 Å². The molecule has 5 heteroatoms. The van der Waals surface area contributed by atoms with Gasteiger partial charge < -0.3 is 9.80 Å². The summed E-state index contributed by atoms with van der Waals surface area (Å²) < 4.78 is 13.3. The highest BCUT2D eigenvalue weighted by Gasteiger charge is 2.38. The molecule has 2 aromatic rings. The summed E-state index contributed by atoms with van der Waals surface area (Å²) in [6, 6.07) is 12.6. The van der Waals surface area contributed by atoms with Crippen LogP contribution in [-0.2, 0) is 9.59 Å². The van der Waals surface area contributed by atoms with E-state index in [1.165, 1.54) is 17.7 Å². The number of benzene rings is 2. The van der Waals surface area contributed by atoms with Crippen LogP contribution in [0.2, 0.25) is 0 Å². The van der Waals surface area contributed by atoms with Gasteiger partial charge in [-0.2, -0.15) is 0 Å². The smallest absolute Gasteiger partial charge is 0.228 e. The highest BCUT2D eigenvalue weighted by molar-refractivity contribution is 6.00. The minimum Gasteiger partial charge on any atom is -0.342 e. The summed E-state index contributed by atoms with van der Waals surface area (Å²) in [5.74, 6) is -0.238. The molecule has 2 unspecified atom stereocenters. The second-order valence-corrected chi connectivity index (χ2v) is 8.70. The molecule has 0 aromatic heterocycles. The third-order valence-electron chi connectivity index (χ3n) is 6.60. The Morgan fingerprint density at radius 3 is 2.50 bits per heavy atom. The van der Waals surface area contributed by atoms with Gasteiger partial charge in [0.1, 0.15) is 5.82 Å². The number of halogens is 1. The van der Waals surface area contributed by atoms with E-state index < -0.39 is 0 Å². The minimum atomic E-state index is -0.300. The molecule has 2 amide bonds. The van der Waals surface area contributed by atoms with Crippen LogP contribution in [0.5, 0.6) is 0 Å². The van der Waals surface area contributed by atoms with Crippen LogP contribution in [0.15, 0.2) is 42.5 Å². The van der Waals surface area contributed by atoms with Gasteiger partial charge in [-0.05, 0) is 67.6 Å². The van der Waals surface area contributed by atoms with Crippen LogP contribution >= 0.6 is 0 Å². The monoisotopic (exact) mass is 408 g/mol. The van der Waals surface area contributed by atoms with Crippen molar-refractivity contribution in [1.29, 1.82) is 0 Å². The van der Waals surface area contributed by atoms with Crippen molar-refractivity contribution in [2.75, 3.05) is 24.5 Å². The Kier molecular flexibility index (Phi) is 5.89. The molecular weight excluding hydrogens is 379 g/mol. The lowest BCUT2D eigenvalue weighted by atomic mass is 9.94. The number of rotatable bonds is 3. The largest absolute Gasteiger partial charge is 0.342 e. The normalized spacial score (nSPS) is 22.3. The van der Waals surface area contributed by atoms with Gasteiger partial charge in [0, 0.05) is 37.7 Å². The number of hydrogen-bond donors (Lipinski definition) is 0. The molecule has 0 radical (unpaired) electrons. The fourth-order valence-electron chi connectivity index (χ4n) is 4.62. The lowest BCUT2D eigenvalue weighted by molar-refractivity contribution is -0.135. The van der Waals surface area contributed by atoms with Crippen LogP contribution in [-0.4, -0.2) is 36.3 Å². The number of aryl methyl sites for hydroxylation is 2. The van der Waals surface area contributed by atoms with Gasteiger partial charge in [0.2, 0.25) is 11.8 Å². The summed E-state index contributed by atoms with van der Waals surface area (Å²) in [6.07, 6.45) is 3.27. The van der Waals surface area contributed by atoms with Gasteiger partial charge in [0.05, 0.1) is 5.92 Å². The molecule has 4 nitrogen and oxygen atoms in total. The van der Waals surface area contributed by atoms with Crippen molar-refractivity contribution in [2.24, 2.45) is 5.92 Å². The summed E-state index contributed by atoms with van der Waals surface area (Å²) in [5, 5.41) is 0. The van der Waals surface area contributed by atoms with Gasteiger partial charge in [-0.3, -0.25) is 9.59 Å². The zero-order chi connectivity index (χ0) is 21.3. The molecule has 2 aromatic carbocycles. The lowest BCUT2D eigenvalue weighted by Gasteiger charge is -2.27. The predicted octanol–water partition coefficient (Wildman–Crippen LogP) is 4.59. The van der Waals surface area contributed by atoms with E-state index in [1.54, 1.807) is 4.90 Å². The average Bonchev–Trinajstić information content (AvgIpc) is 2.96. The van der Waals surface area contributed by atoms with E-state index in [0.717, 1.165) is 42.6 Å². The predicted molar refractivity (Wildman–Crippen MR) is 116 cm³/mol. The van der Waals surface area contributed by atoms with Gasteiger partial charge in [0.25, 0.3) is 0 Å². The van der Waals surface area contributed by atoms with Crippen molar-refractivity contribution in [2.45, 2.75) is 45.4 Å². The van der Waals surface area contributed by atoms with E-state index in [-0.39, 0.29) is 35.9 Å². The number of hydrogen-bond acceptors (Lipinski definition) is 2. The Bertz CT molecular complexity index is 941. The standard InChI is InChI=1S/C25H29FN2O2/c1-17-6-11-23(13-18(17)2)28-16-21(14-24(28)29)25(30)27-12-4-3-5-20(15-27)19-7-9-22(26)10-8-19/h6-11,13,20-21H,3-5,12,14-16H2,1-2H3. The molecule has 2 saturated heterocycles. The van der Waals surface area contributed by atoms with Gasteiger partial charge in [-0.25, -0.2) is 4.39 Å². The van der Waals surface area contributed by atoms with E-state index in [1.807, 2.05) is 49.1 Å². The number of carbonyl (C=O) groups excluding carboxylic acids is 2. The number of nitrogens with zero attached hydrogens (tertiary/aromatic N) is 2. The highest BCUT2D eigenvalue weighted by Crippen LogP contribution is 2.31. The van der Waals surface area contributed by atoms with E-state index in [4.69, 9.17) is 0 Å². The molecule has 0 aliphatic carbocycles. The minimum absolute atomic E-state index is 0.0153. The Morgan fingerprint density at radius 1 is 1.00 bits per heavy atom. The van der Waals surface area contributed by atoms with Gasteiger partial charge in [-0.15, -0.1) is 0 Å². The van der Waals surface area contributed by atoms with E-state index in [0.29, 0.717) is 13.1 Å². The van der Waals surface area contributed by atoms with Gasteiger partial charge in [-0.1, -0.05) is 24.6 Å². The highest BCUT2D eigenvalue weighted by atomic mass is 19.1. The number of likely N-dealkylation sites (tertiary alicyclic amines) is 1. The summed E-state index contributed by atoms with van der Waals surface area (Å²) in [4.78, 5) is 29.7. The first kappa shape index (κ1) is 20.6. The van der Waals surface area contributed by atoms with Crippen LogP contribution in [0.4, 0.5) is 10.1 Å². The molecule has 2 aliphatic rings. The molecule has 2 atom stereocenters. The van der Waals surface area contributed by atoms with Crippen molar-refractivity contribution < 1.29 is 14.0 Å². The lowest BCUT2D eigenvalue weighted by Crippen LogP contribution is -2.39. The van der Waals surface area contributed by atoms with Crippen molar-refractivity contribution in [1.82, 2.24) is 4.90 Å². The van der Waals surface area contributed by atoms with Crippen LogP contribution in [0.25, 0.3) is 0 Å². The summed E-state index contributed by atoms with van der Waals surface area (Å²) in [5.41, 5.74) is 4.29. The first-order valence-electron chi connectivity index (χ1n) is 10.8. The van der Waals surface area contributed by atoms with Crippen molar-refractivity contribution in [3.05, 3.63) is 65.0 Å². The SMILES string of the molecule is Cc1ccc(N2CC(C(=O)N3CCCCC(c4ccc(F)cc4)C3)CC2=O)cc1C. The Hall–Kier alpha value is -2.69. The first-order chi connectivity index (χ1) is 14.4. The Labute approximate surface area is 177 Å². The number of anilines is 1. The summed E-state index contributed by atoms with van der Waals surface area (Å²) in [7, 11) is 0. The molecule has 0 saturated carbocycles. The number of carbonyl (C=O) groups is 2. The maximum Gasteiger partial charge on any atom is 0.228 e. The van der Waals surface area contributed by atoms with Crippen LogP contribution < -0.4 is 4.90 Å². The molecule has 2 fully saturated rings. The summed E-state index contributed by atoms with van der Waals surface area (Å²) in [6.45, 7) is 5.89. The number of amides is 2. The van der Waals surface area contributed by atoms with Crippen LogP contribution in [0.1, 0.15) is 48.3 Å². The molecule has 2 aliphatic heterocycles. The van der Waals surface area contributed by atoms with Crippen molar-refractivity contribution in [3.63, 3.8) is 0 Å². The van der Waals surface area contributed by atoms with E-state index in [9.17, 15) is 14.0 Å². The maximum absolute atomic E-state index is 13.3. The van der Waals surface area contributed by atoms with Gasteiger partial charge in [0.15, 0.2) is 0 Å². The Morgan fingerprint density at radius 2 is 1.77 bits per heavy atom. The van der Waals surface area contributed by atoms with Gasteiger partial charge >= 0.3 is 0 Å². The third-order valence-corrected chi connectivity index (χ3v) is 6.60. The van der Waals surface area contributed by atoms with Crippen LogP contribution in [0, 0.1) is 25.6 Å². The Balaban J connectivity index is 1.47. The zero-order valence-corrected chi connectivity index (χ0v) is 17.7. The molecule has 0 bridgehead atoms. The first-order valence-corrected chi connectivity index (χ1v) is 10.8. The second kappa shape index (κ2) is 8.58. The molecule has 0 N–H and O–H groups in total. The molecule has 0 spiro atoms. The fourth-order valence-corrected chi connectivity index (χ4v) is 4.62. The maximum atomic E-state index is 13.3. The molecular formula is C25H29FN2O2. The van der Waals surface area contributed by atoms with Crippen molar-refractivity contribution in [3.8, 4) is 0 Å². The fraction of sp³-hybridized carbons (Fsp3) is 0.440. The van der Waals surface area contributed by atoms with E-state index >= 15 is 0 Å². The average molecular weight is 409 g/mol. The topological polar surface area (TPSA) is 40.6 Å². The molecule has 4 rings (SSSR count). The molecule has 30 heavy (non-hydrogen) atoms. The third kappa shape index (κ3) is 4.25. The zero-order valence-electron chi connectivity index (χ0n) is 17.7. The molecule has 158 valence electrons. The quantitative estimate of drug-likeness (QED) is 0.745. The molecule has 2 heterocycles.